The summed E-state index contributed by atoms with van der Waals surface area (Å²) in [5, 5.41) is 12.8. The van der Waals surface area contributed by atoms with Crippen molar-refractivity contribution in [3.63, 3.8) is 0 Å². The van der Waals surface area contributed by atoms with E-state index in [0.29, 0.717) is 27.2 Å². The lowest BCUT2D eigenvalue weighted by Gasteiger charge is -2.35. The second-order valence-corrected chi connectivity index (χ2v) is 9.95. The number of carbonyl (C=O) groups is 1. The molecule has 0 spiro atoms. The highest BCUT2D eigenvalue weighted by Crippen LogP contribution is 2.34. The first kappa shape index (κ1) is 26.0. The first-order valence-electron chi connectivity index (χ1n) is 12.2. The third-order valence-electron chi connectivity index (χ3n) is 6.82. The average Bonchev–Trinajstić information content (AvgIpc) is 2.89. The molecule has 7 heteroatoms. The van der Waals surface area contributed by atoms with Gasteiger partial charge in [-0.15, -0.1) is 0 Å². The molecular formula is C29H29Cl2N3O2. The molecule has 4 rings (SSSR count). The van der Waals surface area contributed by atoms with Crippen LogP contribution in [0.4, 0.5) is 10.5 Å². The average molecular weight is 522 g/mol. The van der Waals surface area contributed by atoms with E-state index >= 15 is 0 Å². The summed E-state index contributed by atoms with van der Waals surface area (Å²) < 4.78 is 5.71. The number of hydrogen-bond acceptors (Lipinski definition) is 4. The minimum absolute atomic E-state index is 0.0807. The normalized spacial score (nSPS) is 15.2. The summed E-state index contributed by atoms with van der Waals surface area (Å²) in [6.45, 7) is 5.61. The van der Waals surface area contributed by atoms with Gasteiger partial charge in [-0.3, -0.25) is 5.32 Å². The predicted molar refractivity (Wildman–Crippen MR) is 146 cm³/mol. The number of likely N-dealkylation sites (tertiary alicyclic amines) is 1. The SMILES string of the molecule is CCN1CCC(C(COC(=O)Nc2cc(Cl)cc(Cl)c2)c2ccc(-c3cccc(C#N)c3)cc2)CC1. The van der Waals surface area contributed by atoms with Gasteiger partial charge in [-0.25, -0.2) is 4.79 Å². The van der Waals surface area contributed by atoms with E-state index in [4.69, 9.17) is 27.9 Å². The summed E-state index contributed by atoms with van der Waals surface area (Å²) in [5.74, 6) is 0.492. The summed E-state index contributed by atoms with van der Waals surface area (Å²) in [6.07, 6.45) is 1.58. The molecule has 1 aliphatic rings. The monoisotopic (exact) mass is 521 g/mol. The standard InChI is InChI=1S/C29H29Cl2N3O2/c1-2-34-12-10-23(11-13-34)28(19-36-29(35)33-27-16-25(30)15-26(31)17-27)22-8-6-21(7-9-22)24-5-3-4-20(14-24)18-32/h3-9,14-17,23,28H,2,10-13,19H2,1H3,(H,33,35). The zero-order valence-corrected chi connectivity index (χ0v) is 21.7. The van der Waals surface area contributed by atoms with Crippen LogP contribution in [-0.4, -0.2) is 37.2 Å². The fraction of sp³-hybridized carbons (Fsp3) is 0.310. The molecule has 1 heterocycles. The summed E-state index contributed by atoms with van der Waals surface area (Å²) in [7, 11) is 0. The Labute approximate surface area is 222 Å². The highest BCUT2D eigenvalue weighted by atomic mass is 35.5. The Morgan fingerprint density at radius 2 is 1.75 bits per heavy atom. The van der Waals surface area contributed by atoms with Gasteiger partial charge in [0.2, 0.25) is 0 Å². The Morgan fingerprint density at radius 3 is 2.39 bits per heavy atom. The van der Waals surface area contributed by atoms with E-state index in [0.717, 1.165) is 49.2 Å². The fourth-order valence-electron chi connectivity index (χ4n) is 4.81. The number of benzene rings is 3. The van der Waals surface area contributed by atoms with Gasteiger partial charge in [-0.1, -0.05) is 66.5 Å². The second-order valence-electron chi connectivity index (χ2n) is 9.07. The van der Waals surface area contributed by atoms with E-state index in [1.165, 1.54) is 0 Å². The molecule has 0 aromatic heterocycles. The molecule has 1 unspecified atom stereocenters. The van der Waals surface area contributed by atoms with Gasteiger partial charge in [0, 0.05) is 21.7 Å². The lowest BCUT2D eigenvalue weighted by molar-refractivity contribution is 0.118. The molecule has 5 nitrogen and oxygen atoms in total. The molecule has 0 aliphatic carbocycles. The van der Waals surface area contributed by atoms with Crippen molar-refractivity contribution < 1.29 is 9.53 Å². The van der Waals surface area contributed by atoms with Crippen LogP contribution in [0, 0.1) is 17.2 Å². The molecule has 0 bridgehead atoms. The zero-order chi connectivity index (χ0) is 25.5. The molecule has 186 valence electrons. The first-order valence-corrected chi connectivity index (χ1v) is 12.9. The number of anilines is 1. The number of nitrogens with zero attached hydrogens (tertiary/aromatic N) is 2. The molecule has 36 heavy (non-hydrogen) atoms. The minimum Gasteiger partial charge on any atom is -0.449 e. The third-order valence-corrected chi connectivity index (χ3v) is 7.25. The molecule has 0 radical (unpaired) electrons. The number of nitrogens with one attached hydrogen (secondary N) is 1. The van der Waals surface area contributed by atoms with Gasteiger partial charge in [-0.05, 0) is 85.4 Å². The molecule has 1 saturated heterocycles. The predicted octanol–water partition coefficient (Wildman–Crippen LogP) is 7.60. The second kappa shape index (κ2) is 12.3. The summed E-state index contributed by atoms with van der Waals surface area (Å²) in [6, 6.07) is 23.0. The van der Waals surface area contributed by atoms with Crippen LogP contribution in [0.1, 0.15) is 36.8 Å². The van der Waals surface area contributed by atoms with Crippen LogP contribution in [0.25, 0.3) is 11.1 Å². The van der Waals surface area contributed by atoms with Crippen LogP contribution < -0.4 is 5.32 Å². The Balaban J connectivity index is 1.49. The van der Waals surface area contributed by atoms with Crippen LogP contribution in [0.5, 0.6) is 0 Å². The van der Waals surface area contributed by atoms with Crippen molar-refractivity contribution in [3.05, 3.63) is 87.9 Å². The lowest BCUT2D eigenvalue weighted by atomic mass is 9.80. The van der Waals surface area contributed by atoms with Crippen LogP contribution in [0.2, 0.25) is 10.0 Å². The van der Waals surface area contributed by atoms with Crippen LogP contribution >= 0.6 is 23.2 Å². The maximum Gasteiger partial charge on any atom is 0.411 e. The number of piperidine rings is 1. The van der Waals surface area contributed by atoms with E-state index in [1.54, 1.807) is 24.3 Å². The first-order chi connectivity index (χ1) is 17.4. The van der Waals surface area contributed by atoms with Crippen molar-refractivity contribution in [2.24, 2.45) is 5.92 Å². The van der Waals surface area contributed by atoms with Gasteiger partial charge in [0.25, 0.3) is 0 Å². The Hall–Kier alpha value is -3.04. The lowest BCUT2D eigenvalue weighted by Crippen LogP contribution is -2.36. The van der Waals surface area contributed by atoms with Crippen LogP contribution in [0.3, 0.4) is 0 Å². The van der Waals surface area contributed by atoms with E-state index in [-0.39, 0.29) is 12.5 Å². The van der Waals surface area contributed by atoms with E-state index in [2.05, 4.69) is 47.5 Å². The molecule has 1 fully saturated rings. The van der Waals surface area contributed by atoms with Crippen molar-refractivity contribution in [1.82, 2.24) is 4.90 Å². The van der Waals surface area contributed by atoms with Gasteiger partial charge in [-0.2, -0.15) is 5.26 Å². The van der Waals surface area contributed by atoms with Crippen molar-refractivity contribution in [2.45, 2.75) is 25.7 Å². The number of carbonyl (C=O) groups excluding carboxylic acids is 1. The number of halogens is 2. The zero-order valence-electron chi connectivity index (χ0n) is 20.2. The van der Waals surface area contributed by atoms with Gasteiger partial charge in [0.15, 0.2) is 0 Å². The number of hydrogen-bond donors (Lipinski definition) is 1. The van der Waals surface area contributed by atoms with E-state index < -0.39 is 6.09 Å². The maximum absolute atomic E-state index is 12.6. The Bertz CT molecular complexity index is 1210. The molecular weight excluding hydrogens is 493 g/mol. The Morgan fingerprint density at radius 1 is 1.06 bits per heavy atom. The fourth-order valence-corrected chi connectivity index (χ4v) is 5.34. The molecule has 1 N–H and O–H groups in total. The van der Waals surface area contributed by atoms with Gasteiger partial charge < -0.3 is 9.64 Å². The third kappa shape index (κ3) is 6.79. The number of nitriles is 1. The smallest absolute Gasteiger partial charge is 0.411 e. The van der Waals surface area contributed by atoms with E-state index in [9.17, 15) is 10.1 Å². The van der Waals surface area contributed by atoms with Gasteiger partial charge in [0.1, 0.15) is 6.61 Å². The number of ether oxygens (including phenoxy) is 1. The summed E-state index contributed by atoms with van der Waals surface area (Å²) >= 11 is 12.1. The summed E-state index contributed by atoms with van der Waals surface area (Å²) in [5.41, 5.74) is 4.33. The van der Waals surface area contributed by atoms with Crippen LogP contribution in [-0.2, 0) is 4.74 Å². The van der Waals surface area contributed by atoms with Crippen molar-refractivity contribution in [3.8, 4) is 17.2 Å². The molecule has 3 aromatic rings. The molecule has 3 aromatic carbocycles. The molecule has 1 atom stereocenters. The molecule has 1 amide bonds. The largest absolute Gasteiger partial charge is 0.449 e. The topological polar surface area (TPSA) is 65.4 Å². The van der Waals surface area contributed by atoms with Crippen molar-refractivity contribution >= 4 is 35.0 Å². The van der Waals surface area contributed by atoms with E-state index in [1.807, 2.05) is 18.2 Å². The summed E-state index contributed by atoms with van der Waals surface area (Å²) in [4.78, 5) is 15.1. The maximum atomic E-state index is 12.6. The van der Waals surface area contributed by atoms with Crippen molar-refractivity contribution in [2.75, 3.05) is 31.6 Å². The highest BCUT2D eigenvalue weighted by Gasteiger charge is 2.28. The molecule has 0 saturated carbocycles. The molecule has 1 aliphatic heterocycles. The van der Waals surface area contributed by atoms with Crippen molar-refractivity contribution in [1.29, 1.82) is 5.26 Å². The van der Waals surface area contributed by atoms with Crippen LogP contribution in [0.15, 0.2) is 66.7 Å². The number of amides is 1. The highest BCUT2D eigenvalue weighted by molar-refractivity contribution is 6.35. The quantitative estimate of drug-likeness (QED) is 0.347. The number of rotatable bonds is 7. The van der Waals surface area contributed by atoms with Gasteiger partial charge in [0.05, 0.1) is 11.6 Å². The van der Waals surface area contributed by atoms with Gasteiger partial charge >= 0.3 is 6.09 Å². The minimum atomic E-state index is -0.533. The Kier molecular flexibility index (Phi) is 8.88.